The number of carbonyl (C=O) groups excluding carboxylic acids is 1. The Bertz CT molecular complexity index is 1220. The van der Waals surface area contributed by atoms with Crippen molar-refractivity contribution in [2.75, 3.05) is 32.7 Å². The number of nitrogens with one attached hydrogen (secondary N) is 2. The van der Waals surface area contributed by atoms with Gasteiger partial charge in [0.2, 0.25) is 0 Å². The van der Waals surface area contributed by atoms with Gasteiger partial charge in [-0.1, -0.05) is 30.3 Å². The molecule has 0 radical (unpaired) electrons. The van der Waals surface area contributed by atoms with Crippen molar-refractivity contribution in [3.05, 3.63) is 59.8 Å². The van der Waals surface area contributed by atoms with Crippen molar-refractivity contribution in [2.45, 2.75) is 38.0 Å². The van der Waals surface area contributed by atoms with Gasteiger partial charge in [-0.15, -0.1) is 0 Å². The van der Waals surface area contributed by atoms with Crippen LogP contribution in [0.2, 0.25) is 0 Å². The van der Waals surface area contributed by atoms with Gasteiger partial charge in [-0.05, 0) is 62.0 Å². The number of amides is 1. The molecular weight excluding hydrogens is 502 g/mol. The van der Waals surface area contributed by atoms with Crippen LogP contribution in [0.15, 0.2) is 48.5 Å². The van der Waals surface area contributed by atoms with Crippen LogP contribution in [-0.4, -0.2) is 93.9 Å². The summed E-state index contributed by atoms with van der Waals surface area (Å²) in [6.45, 7) is 5.66. The van der Waals surface area contributed by atoms with Gasteiger partial charge in [0.25, 0.3) is 18.9 Å². The lowest BCUT2D eigenvalue weighted by Crippen LogP contribution is -2.57. The highest BCUT2D eigenvalue weighted by atomic mass is 16.5. The van der Waals surface area contributed by atoms with Gasteiger partial charge in [0.1, 0.15) is 11.9 Å². The maximum atomic E-state index is 13.1. The van der Waals surface area contributed by atoms with E-state index in [0.29, 0.717) is 11.6 Å². The zero-order valence-corrected chi connectivity index (χ0v) is 21.7. The van der Waals surface area contributed by atoms with E-state index in [1.165, 1.54) is 18.4 Å². The molecule has 11 nitrogen and oxygen atoms in total. The number of hydrogen-bond acceptors (Lipinski definition) is 7. The first-order valence-corrected chi connectivity index (χ1v) is 13.1. The molecule has 2 atom stereocenters. The minimum atomic E-state index is -0.250. The molecule has 3 aromatic rings. The maximum absolute atomic E-state index is 13.1. The van der Waals surface area contributed by atoms with Crippen LogP contribution >= 0.6 is 0 Å². The first kappa shape index (κ1) is 28.1. The van der Waals surface area contributed by atoms with E-state index in [2.05, 4.69) is 55.6 Å². The highest BCUT2D eigenvalue weighted by Gasteiger charge is 2.35. The molecule has 4 saturated heterocycles. The lowest BCUT2D eigenvalue weighted by molar-refractivity contribution is -0.123. The van der Waals surface area contributed by atoms with Crippen molar-refractivity contribution in [1.29, 1.82) is 0 Å². The fourth-order valence-electron chi connectivity index (χ4n) is 5.68. The Morgan fingerprint density at radius 2 is 1.74 bits per heavy atom. The van der Waals surface area contributed by atoms with Crippen LogP contribution in [0, 0.1) is 5.92 Å². The first-order valence-electron chi connectivity index (χ1n) is 13.1. The van der Waals surface area contributed by atoms with Gasteiger partial charge < -0.3 is 25.2 Å². The Balaban J connectivity index is 0.000000541. The Morgan fingerprint density at radius 1 is 1.03 bits per heavy atom. The highest BCUT2D eigenvalue weighted by molar-refractivity contribution is 6.05. The predicted octanol–water partition coefficient (Wildman–Crippen LogP) is 2.44. The fourth-order valence-corrected chi connectivity index (χ4v) is 5.68. The van der Waals surface area contributed by atoms with Crippen LogP contribution in [0.3, 0.4) is 0 Å². The monoisotopic (exact) mass is 537 g/mol. The second-order valence-corrected chi connectivity index (χ2v) is 9.96. The molecule has 4 N–H and O–H groups in total. The number of aromatic nitrogens is 2. The van der Waals surface area contributed by atoms with Gasteiger partial charge in [-0.2, -0.15) is 5.10 Å². The Kier molecular flexibility index (Phi) is 9.87. The molecule has 0 saturated carbocycles. The Hall–Kier alpha value is -3.96. The predicted molar refractivity (Wildman–Crippen MR) is 145 cm³/mol. The Morgan fingerprint density at radius 3 is 2.41 bits per heavy atom. The smallest absolute Gasteiger partial charge is 0.290 e. The number of fused-ring (bicyclic) bond motifs is 4. The molecule has 208 valence electrons. The molecular formula is C28H35N5O6. The van der Waals surface area contributed by atoms with Crippen LogP contribution in [0.1, 0.15) is 35.3 Å². The number of H-pyrrole nitrogens is 1. The summed E-state index contributed by atoms with van der Waals surface area (Å²) in [5.74, 6) is 1.30. The standard InChI is InChI=1S/C26H31N5O2.2CH2O2/c32-26(27-24-17-30-11-8-19(24)9-12-30)25-22-14-20(6-7-23(22)28-29-25)33-21-10-13-31(16-21)15-18-4-2-1-3-5-18;2*2-1-3/h1-7,14,19,21,24H,8-13,15-17H2,(H,27,32)(H,28,29);2*1H,(H,2,3)/t21?,24-;;/m1../s1. The van der Waals surface area contributed by atoms with E-state index in [1.807, 2.05) is 18.2 Å². The van der Waals surface area contributed by atoms with E-state index < -0.39 is 0 Å². The van der Waals surface area contributed by atoms with E-state index in [1.54, 1.807) is 0 Å². The molecule has 7 rings (SSSR count). The van der Waals surface area contributed by atoms with Gasteiger partial charge >= 0.3 is 0 Å². The van der Waals surface area contributed by atoms with Crippen LogP contribution < -0.4 is 10.1 Å². The minimum absolute atomic E-state index is 0.0907. The molecule has 1 amide bonds. The zero-order valence-electron chi connectivity index (χ0n) is 21.7. The molecule has 1 aromatic heterocycles. The summed E-state index contributed by atoms with van der Waals surface area (Å²) in [5.41, 5.74) is 2.65. The lowest BCUT2D eigenvalue weighted by Gasteiger charge is -2.44. The van der Waals surface area contributed by atoms with Crippen LogP contribution in [0.5, 0.6) is 5.75 Å². The van der Waals surface area contributed by atoms with Crippen molar-refractivity contribution >= 4 is 29.8 Å². The van der Waals surface area contributed by atoms with Crippen LogP contribution in [0.4, 0.5) is 0 Å². The molecule has 39 heavy (non-hydrogen) atoms. The maximum Gasteiger partial charge on any atom is 0.290 e. The third-order valence-electron chi connectivity index (χ3n) is 7.50. The molecule has 0 aliphatic carbocycles. The number of hydrogen-bond donors (Lipinski definition) is 4. The zero-order chi connectivity index (χ0) is 27.6. The number of carboxylic acid groups (broad SMARTS) is 2. The summed E-state index contributed by atoms with van der Waals surface area (Å²) in [5, 5.41) is 25.2. The van der Waals surface area contributed by atoms with Crippen molar-refractivity contribution in [3.63, 3.8) is 0 Å². The van der Waals surface area contributed by atoms with Gasteiger partial charge in [-0.25, -0.2) is 0 Å². The number of carbonyl (C=O) groups is 3. The molecule has 4 aliphatic heterocycles. The van der Waals surface area contributed by atoms with E-state index in [4.69, 9.17) is 24.5 Å². The second kappa shape index (κ2) is 13.7. The molecule has 5 heterocycles. The Labute approximate surface area is 226 Å². The molecule has 2 bridgehead atoms. The second-order valence-electron chi connectivity index (χ2n) is 9.96. The van der Waals surface area contributed by atoms with E-state index in [-0.39, 0.29) is 31.0 Å². The number of aromatic amines is 1. The normalized spacial score (nSPS) is 23.6. The molecule has 11 heteroatoms. The van der Waals surface area contributed by atoms with Gasteiger partial charge in [0.05, 0.1) is 5.52 Å². The third kappa shape index (κ3) is 7.33. The van der Waals surface area contributed by atoms with Crippen molar-refractivity contribution in [2.24, 2.45) is 5.92 Å². The number of piperidine rings is 3. The summed E-state index contributed by atoms with van der Waals surface area (Å²) < 4.78 is 6.32. The average Bonchev–Trinajstić information content (AvgIpc) is 3.57. The lowest BCUT2D eigenvalue weighted by atomic mass is 9.84. The number of ether oxygens (including phenoxy) is 1. The topological polar surface area (TPSA) is 148 Å². The van der Waals surface area contributed by atoms with Crippen LogP contribution in [-0.2, 0) is 16.1 Å². The van der Waals surface area contributed by atoms with Crippen LogP contribution in [0.25, 0.3) is 10.9 Å². The van der Waals surface area contributed by atoms with Crippen molar-refractivity contribution < 1.29 is 29.3 Å². The van der Waals surface area contributed by atoms with Gasteiger partial charge in [-0.3, -0.25) is 24.4 Å². The largest absolute Gasteiger partial charge is 0.489 e. The number of benzene rings is 2. The van der Waals surface area contributed by atoms with E-state index in [9.17, 15) is 4.79 Å². The quantitative estimate of drug-likeness (QED) is 0.348. The summed E-state index contributed by atoms with van der Waals surface area (Å²) in [7, 11) is 0. The van der Waals surface area contributed by atoms with Gasteiger partial charge in [0.15, 0.2) is 5.69 Å². The fraction of sp³-hybridized carbons (Fsp3) is 0.429. The molecule has 1 unspecified atom stereocenters. The van der Waals surface area contributed by atoms with Gasteiger partial charge in [0, 0.05) is 37.6 Å². The molecule has 4 fully saturated rings. The summed E-state index contributed by atoms with van der Waals surface area (Å²) >= 11 is 0. The number of rotatable bonds is 6. The molecule has 0 spiro atoms. The summed E-state index contributed by atoms with van der Waals surface area (Å²) in [6, 6.07) is 16.7. The van der Waals surface area contributed by atoms with Crippen molar-refractivity contribution in [1.82, 2.24) is 25.3 Å². The number of likely N-dealkylation sites (tertiary alicyclic amines) is 1. The van der Waals surface area contributed by atoms with E-state index >= 15 is 0 Å². The summed E-state index contributed by atoms with van der Waals surface area (Å²) in [6.07, 6.45) is 3.51. The molecule has 4 aliphatic rings. The number of nitrogens with zero attached hydrogens (tertiary/aromatic N) is 3. The summed E-state index contributed by atoms with van der Waals surface area (Å²) in [4.78, 5) is 34.7. The third-order valence-corrected chi connectivity index (χ3v) is 7.50. The first-order chi connectivity index (χ1) is 19.0. The average molecular weight is 538 g/mol. The highest BCUT2D eigenvalue weighted by Crippen LogP contribution is 2.29. The SMILES string of the molecule is O=C(N[C@@H]1CN2CCC1CC2)c1n[nH]c2ccc(OC3CCN(Cc4ccccc4)C3)cc12.O=CO.O=CO. The van der Waals surface area contributed by atoms with Crippen molar-refractivity contribution in [3.8, 4) is 5.75 Å². The molecule has 2 aromatic carbocycles. The van der Waals surface area contributed by atoms with E-state index in [0.717, 1.165) is 62.3 Å². The minimum Gasteiger partial charge on any atom is -0.489 e.